The van der Waals surface area contributed by atoms with Crippen LogP contribution in [0.3, 0.4) is 0 Å². The van der Waals surface area contributed by atoms with Crippen molar-refractivity contribution in [3.63, 3.8) is 0 Å². The van der Waals surface area contributed by atoms with Crippen molar-refractivity contribution in [1.29, 1.82) is 0 Å². The molecule has 42 heavy (non-hydrogen) atoms. The quantitative estimate of drug-likeness (QED) is 0.287. The summed E-state index contributed by atoms with van der Waals surface area (Å²) in [4.78, 5) is 40.9. The van der Waals surface area contributed by atoms with Crippen molar-refractivity contribution in [2.75, 3.05) is 19.0 Å². The highest BCUT2D eigenvalue weighted by Gasteiger charge is 2.62. The van der Waals surface area contributed by atoms with E-state index in [0.29, 0.717) is 24.1 Å². The maximum atomic E-state index is 14.0. The van der Waals surface area contributed by atoms with Gasteiger partial charge in [-0.15, -0.1) is 0 Å². The minimum atomic E-state index is -2.57. The summed E-state index contributed by atoms with van der Waals surface area (Å²) < 4.78 is 0. The van der Waals surface area contributed by atoms with E-state index >= 15 is 0 Å². The number of nitrogens with one attached hydrogen (secondary N) is 1. The summed E-state index contributed by atoms with van der Waals surface area (Å²) in [6.07, 6.45) is 3.66. The molecular formula is C32H41N3O7. The fourth-order valence-corrected chi connectivity index (χ4v) is 9.18. The largest absolute Gasteiger partial charge is 0.511 e. The van der Waals surface area contributed by atoms with Gasteiger partial charge in [0, 0.05) is 50.3 Å². The highest BCUT2D eigenvalue weighted by atomic mass is 16.3. The van der Waals surface area contributed by atoms with Crippen molar-refractivity contribution in [1.82, 2.24) is 5.32 Å². The van der Waals surface area contributed by atoms with E-state index < -0.39 is 52.0 Å². The topological polar surface area (TPSA) is 173 Å². The second kappa shape index (κ2) is 9.07. The van der Waals surface area contributed by atoms with Crippen LogP contribution < -0.4 is 16.0 Å². The van der Waals surface area contributed by atoms with Gasteiger partial charge in [-0.05, 0) is 72.0 Å². The van der Waals surface area contributed by atoms with Crippen LogP contribution in [-0.4, -0.2) is 63.6 Å². The van der Waals surface area contributed by atoms with Crippen molar-refractivity contribution in [2.24, 2.45) is 34.3 Å². The van der Waals surface area contributed by atoms with Crippen molar-refractivity contribution in [3.05, 3.63) is 45.4 Å². The summed E-state index contributed by atoms with van der Waals surface area (Å²) in [7, 11) is 3.78. The minimum absolute atomic E-state index is 0.0343. The molecule has 1 aromatic rings. The van der Waals surface area contributed by atoms with Gasteiger partial charge in [0.1, 0.15) is 22.8 Å². The third-order valence-corrected chi connectivity index (χ3v) is 11.9. The van der Waals surface area contributed by atoms with Crippen molar-refractivity contribution >= 4 is 23.2 Å². The summed E-state index contributed by atoms with van der Waals surface area (Å²) in [6.45, 7) is 7.61. The lowest BCUT2D eigenvalue weighted by molar-refractivity contribution is -0.144. The summed E-state index contributed by atoms with van der Waals surface area (Å²) in [5, 5.41) is 48.2. The van der Waals surface area contributed by atoms with E-state index in [1.165, 1.54) is 12.8 Å². The zero-order chi connectivity index (χ0) is 30.7. The van der Waals surface area contributed by atoms with Crippen LogP contribution in [0.15, 0.2) is 28.7 Å². The predicted molar refractivity (Wildman–Crippen MR) is 155 cm³/mol. The number of benzene rings is 1. The number of nitrogens with two attached hydrogens (primary N) is 1. The maximum Gasteiger partial charge on any atom is 0.255 e. The first-order valence-corrected chi connectivity index (χ1v) is 14.8. The number of amides is 1. The standard InChI is InChI=1S/C32H41N3O7/c1-30(2)16-6-7-31(30,3)21(12-16)34-13-15-10-19(36)23-18(25(15)35(4)5)9-14-8-17-11-20(37)24(29(33)41)28(40)32(17,42)27(39)22(14)26(23)38/h10,14,16-17,21,34,36-37,39,42H,6-9,11-13H2,1-5H3,(H2,33,41)/t14?,16?,17-,21-,31?,32-/m0/s1. The van der Waals surface area contributed by atoms with Crippen molar-refractivity contribution in [2.45, 2.75) is 77.5 Å². The number of aromatic hydroxyl groups is 1. The zero-order valence-electron chi connectivity index (χ0n) is 24.9. The highest BCUT2D eigenvalue weighted by molar-refractivity contribution is 6.24. The normalized spacial score (nSPS) is 34.8. The second-order valence-corrected chi connectivity index (χ2v) is 14.1. The van der Waals surface area contributed by atoms with E-state index in [9.17, 15) is 34.8 Å². The number of aliphatic hydroxyl groups is 3. The number of allylic oxidation sites excluding steroid dienone is 2. The molecule has 0 saturated heterocycles. The van der Waals surface area contributed by atoms with E-state index in [0.717, 1.165) is 17.7 Å². The van der Waals surface area contributed by atoms with E-state index in [1.54, 1.807) is 6.07 Å². The Morgan fingerprint density at radius 3 is 2.36 bits per heavy atom. The molecule has 5 aliphatic rings. The Bertz CT molecular complexity index is 1510. The van der Waals surface area contributed by atoms with Gasteiger partial charge in [0.15, 0.2) is 11.4 Å². The van der Waals surface area contributed by atoms with Gasteiger partial charge in [0.25, 0.3) is 5.91 Å². The first-order valence-electron chi connectivity index (χ1n) is 14.8. The predicted octanol–water partition coefficient (Wildman–Crippen LogP) is 2.95. The number of aliphatic hydroxyl groups excluding tert-OH is 2. The highest BCUT2D eigenvalue weighted by Crippen LogP contribution is 2.65. The number of fused-ring (bicyclic) bond motifs is 5. The number of rotatable bonds is 5. The summed E-state index contributed by atoms with van der Waals surface area (Å²) in [5.74, 6) is -5.55. The average Bonchev–Trinajstić information content (AvgIpc) is 3.22. The van der Waals surface area contributed by atoms with Crippen LogP contribution in [0.2, 0.25) is 0 Å². The molecule has 1 amide bonds. The van der Waals surface area contributed by atoms with Gasteiger partial charge < -0.3 is 36.4 Å². The molecule has 2 bridgehead atoms. The van der Waals surface area contributed by atoms with Gasteiger partial charge in [0.2, 0.25) is 5.78 Å². The molecule has 10 nitrogen and oxygen atoms in total. The number of Topliss-reactive ketones (excluding diaryl/α,β-unsaturated/α-hetero) is 2. The number of carbonyl (C=O) groups excluding carboxylic acids is 3. The molecule has 10 heteroatoms. The number of phenols is 1. The van der Waals surface area contributed by atoms with Crippen molar-refractivity contribution in [3.8, 4) is 5.75 Å². The molecule has 0 radical (unpaired) electrons. The molecule has 2 saturated carbocycles. The summed E-state index contributed by atoms with van der Waals surface area (Å²) in [6, 6.07) is 1.92. The first kappa shape index (κ1) is 28.7. The van der Waals surface area contributed by atoms with Gasteiger partial charge in [-0.2, -0.15) is 0 Å². The van der Waals surface area contributed by atoms with Crippen LogP contribution in [0.5, 0.6) is 5.75 Å². The van der Waals surface area contributed by atoms with Crippen LogP contribution in [0.1, 0.15) is 74.4 Å². The third kappa shape index (κ3) is 3.54. The van der Waals surface area contributed by atoms with Crippen LogP contribution >= 0.6 is 0 Å². The van der Waals surface area contributed by atoms with Crippen LogP contribution in [0.4, 0.5) is 5.69 Å². The summed E-state index contributed by atoms with van der Waals surface area (Å²) in [5.41, 5.74) is 4.56. The number of primary amides is 1. The molecule has 2 fully saturated rings. The van der Waals surface area contributed by atoms with Crippen LogP contribution in [-0.2, 0) is 22.6 Å². The smallest absolute Gasteiger partial charge is 0.255 e. The van der Waals surface area contributed by atoms with E-state index in [-0.39, 0.29) is 47.0 Å². The SMILES string of the molecule is CN(C)c1c(CN[C@H]2CC3CCC2(C)C3(C)C)cc(O)c2c1CC1C[C@H]3CC(O)=C(C(N)=O)C(=O)[C@@]3(O)C(O)=C1C2=O. The lowest BCUT2D eigenvalue weighted by Gasteiger charge is -2.46. The molecule has 7 N–H and O–H groups in total. The Hall–Kier alpha value is -3.37. The lowest BCUT2D eigenvalue weighted by Crippen LogP contribution is -2.57. The molecule has 5 aliphatic carbocycles. The first-order chi connectivity index (χ1) is 19.6. The number of carbonyl (C=O) groups is 3. The van der Waals surface area contributed by atoms with Gasteiger partial charge in [-0.1, -0.05) is 20.8 Å². The number of anilines is 1. The minimum Gasteiger partial charge on any atom is -0.511 e. The van der Waals surface area contributed by atoms with Crippen LogP contribution in [0, 0.1) is 28.6 Å². The molecule has 226 valence electrons. The molecule has 0 aromatic heterocycles. The molecule has 6 atom stereocenters. The Morgan fingerprint density at radius 1 is 1.10 bits per heavy atom. The number of ketones is 2. The molecule has 0 aliphatic heterocycles. The molecular weight excluding hydrogens is 538 g/mol. The van der Waals surface area contributed by atoms with Crippen LogP contribution in [0.25, 0.3) is 0 Å². The van der Waals surface area contributed by atoms with E-state index in [4.69, 9.17) is 5.73 Å². The Balaban J connectivity index is 1.39. The fourth-order valence-electron chi connectivity index (χ4n) is 9.18. The number of hydrogen-bond acceptors (Lipinski definition) is 9. The average molecular weight is 580 g/mol. The van der Waals surface area contributed by atoms with Gasteiger partial charge in [-0.25, -0.2) is 0 Å². The Kier molecular flexibility index (Phi) is 6.20. The lowest BCUT2D eigenvalue weighted by atomic mass is 9.60. The van der Waals surface area contributed by atoms with Gasteiger partial charge in [0.05, 0.1) is 5.56 Å². The monoisotopic (exact) mass is 579 g/mol. The number of phenolic OH excluding ortho intramolecular Hbond substituents is 1. The summed E-state index contributed by atoms with van der Waals surface area (Å²) >= 11 is 0. The second-order valence-electron chi connectivity index (χ2n) is 14.1. The van der Waals surface area contributed by atoms with Gasteiger partial charge >= 0.3 is 0 Å². The Morgan fingerprint density at radius 2 is 1.79 bits per heavy atom. The van der Waals surface area contributed by atoms with Crippen molar-refractivity contribution < 1.29 is 34.8 Å². The van der Waals surface area contributed by atoms with E-state index in [2.05, 4.69) is 26.1 Å². The number of hydrogen-bond donors (Lipinski definition) is 6. The molecule has 6 rings (SSSR count). The molecule has 3 unspecified atom stereocenters. The maximum absolute atomic E-state index is 14.0. The number of nitrogens with zero attached hydrogens (tertiary/aromatic N) is 1. The third-order valence-electron chi connectivity index (χ3n) is 11.9. The molecule has 0 spiro atoms. The fraction of sp³-hybridized carbons (Fsp3) is 0.594. The Labute approximate surface area is 245 Å². The van der Waals surface area contributed by atoms with E-state index in [1.807, 2.05) is 19.0 Å². The molecule has 1 aromatic carbocycles. The molecule has 0 heterocycles. The van der Waals surface area contributed by atoms with Gasteiger partial charge in [-0.3, -0.25) is 14.4 Å². The zero-order valence-corrected chi connectivity index (χ0v) is 24.9.